The summed E-state index contributed by atoms with van der Waals surface area (Å²) in [6.07, 6.45) is 0. The molecular formula is C19H16BrN3OS. The van der Waals surface area contributed by atoms with Gasteiger partial charge in [-0.05, 0) is 42.8 Å². The number of anilines is 1. The molecule has 0 fully saturated rings. The smallest absolute Gasteiger partial charge is 0.234 e. The van der Waals surface area contributed by atoms with Crippen LogP contribution in [0, 0.1) is 6.92 Å². The van der Waals surface area contributed by atoms with Crippen molar-refractivity contribution in [1.29, 1.82) is 0 Å². The second-order valence-electron chi connectivity index (χ2n) is 5.42. The molecule has 0 saturated heterocycles. The Hall–Kier alpha value is -2.18. The molecule has 0 saturated carbocycles. The summed E-state index contributed by atoms with van der Waals surface area (Å²) in [6.45, 7) is 1.97. The van der Waals surface area contributed by atoms with Gasteiger partial charge in [0.1, 0.15) is 5.03 Å². The Balaban J connectivity index is 1.57. The highest BCUT2D eigenvalue weighted by atomic mass is 79.9. The van der Waals surface area contributed by atoms with Crippen molar-refractivity contribution in [2.45, 2.75) is 11.9 Å². The Morgan fingerprint density at radius 1 is 1.04 bits per heavy atom. The van der Waals surface area contributed by atoms with Gasteiger partial charge < -0.3 is 5.32 Å². The molecule has 4 nitrogen and oxygen atoms in total. The molecule has 0 unspecified atom stereocenters. The minimum atomic E-state index is -0.0573. The molecule has 126 valence electrons. The molecule has 0 aliphatic heterocycles. The number of nitrogens with one attached hydrogen (secondary N) is 1. The molecule has 3 rings (SSSR count). The molecule has 0 atom stereocenters. The maximum absolute atomic E-state index is 12.1. The van der Waals surface area contributed by atoms with Gasteiger partial charge in [-0.15, -0.1) is 10.2 Å². The number of hydrogen-bond donors (Lipinski definition) is 1. The third kappa shape index (κ3) is 4.90. The van der Waals surface area contributed by atoms with Crippen LogP contribution in [0.25, 0.3) is 11.3 Å². The number of thioether (sulfide) groups is 1. The van der Waals surface area contributed by atoms with E-state index >= 15 is 0 Å². The first kappa shape index (κ1) is 17.6. The van der Waals surface area contributed by atoms with E-state index < -0.39 is 0 Å². The lowest BCUT2D eigenvalue weighted by atomic mass is 10.1. The predicted octanol–water partition coefficient (Wildman–Crippen LogP) is 4.95. The summed E-state index contributed by atoms with van der Waals surface area (Å²) in [5.41, 5.74) is 3.69. The summed E-state index contributed by atoms with van der Waals surface area (Å²) in [7, 11) is 0. The van der Waals surface area contributed by atoms with Crippen molar-refractivity contribution in [3.63, 3.8) is 0 Å². The van der Waals surface area contributed by atoms with Gasteiger partial charge in [0.15, 0.2) is 0 Å². The van der Waals surface area contributed by atoms with Gasteiger partial charge in [-0.1, -0.05) is 58.0 Å². The summed E-state index contributed by atoms with van der Waals surface area (Å²) in [4.78, 5) is 12.1. The molecule has 0 aliphatic carbocycles. The van der Waals surface area contributed by atoms with Crippen molar-refractivity contribution < 1.29 is 4.79 Å². The van der Waals surface area contributed by atoms with Crippen LogP contribution in [0.4, 0.5) is 5.69 Å². The number of hydrogen-bond acceptors (Lipinski definition) is 4. The second kappa shape index (κ2) is 8.27. The highest BCUT2D eigenvalue weighted by molar-refractivity contribution is 9.10. The highest BCUT2D eigenvalue weighted by Gasteiger charge is 2.07. The van der Waals surface area contributed by atoms with Crippen molar-refractivity contribution in [3.8, 4) is 11.3 Å². The first-order valence-electron chi connectivity index (χ1n) is 7.70. The quantitative estimate of drug-likeness (QED) is 0.601. The first-order valence-corrected chi connectivity index (χ1v) is 9.47. The van der Waals surface area contributed by atoms with Gasteiger partial charge in [-0.25, -0.2) is 0 Å². The first-order chi connectivity index (χ1) is 12.1. The van der Waals surface area contributed by atoms with E-state index in [1.807, 2.05) is 67.6 Å². The van der Waals surface area contributed by atoms with Crippen molar-refractivity contribution in [2.24, 2.45) is 0 Å². The van der Waals surface area contributed by atoms with Crippen LogP contribution in [0.15, 0.2) is 70.2 Å². The van der Waals surface area contributed by atoms with Crippen molar-refractivity contribution in [3.05, 3.63) is 70.7 Å². The molecule has 1 aromatic heterocycles. The molecule has 3 aromatic rings. The summed E-state index contributed by atoms with van der Waals surface area (Å²) < 4.78 is 1.02. The summed E-state index contributed by atoms with van der Waals surface area (Å²) in [5.74, 6) is 0.235. The van der Waals surface area contributed by atoms with Gasteiger partial charge in [-0.3, -0.25) is 4.79 Å². The fourth-order valence-electron chi connectivity index (χ4n) is 2.21. The Morgan fingerprint density at radius 3 is 2.48 bits per heavy atom. The van der Waals surface area contributed by atoms with Gasteiger partial charge >= 0.3 is 0 Å². The number of carbonyl (C=O) groups excluding carboxylic acids is 1. The zero-order valence-electron chi connectivity index (χ0n) is 13.6. The van der Waals surface area contributed by atoms with Crippen LogP contribution in [0.3, 0.4) is 0 Å². The molecule has 0 bridgehead atoms. The van der Waals surface area contributed by atoms with E-state index in [1.54, 1.807) is 0 Å². The van der Waals surface area contributed by atoms with Gasteiger partial charge in [0.05, 0.1) is 11.4 Å². The molecule has 2 aromatic carbocycles. The van der Waals surface area contributed by atoms with Crippen molar-refractivity contribution in [1.82, 2.24) is 10.2 Å². The van der Waals surface area contributed by atoms with Crippen LogP contribution in [-0.4, -0.2) is 21.9 Å². The van der Waals surface area contributed by atoms with E-state index in [0.29, 0.717) is 5.75 Å². The monoisotopic (exact) mass is 413 g/mol. The van der Waals surface area contributed by atoms with E-state index in [4.69, 9.17) is 0 Å². The third-order valence-corrected chi connectivity index (χ3v) is 5.00. The molecular weight excluding hydrogens is 398 g/mol. The van der Waals surface area contributed by atoms with Crippen molar-refractivity contribution in [2.75, 3.05) is 11.1 Å². The number of para-hydroxylation sites is 1. The average molecular weight is 414 g/mol. The fraction of sp³-hybridized carbons (Fsp3) is 0.105. The van der Waals surface area contributed by atoms with Gasteiger partial charge in [0.2, 0.25) is 5.91 Å². The average Bonchev–Trinajstić information content (AvgIpc) is 2.63. The Morgan fingerprint density at radius 2 is 1.80 bits per heavy atom. The van der Waals surface area contributed by atoms with Crippen LogP contribution in [0.1, 0.15) is 5.56 Å². The zero-order chi connectivity index (χ0) is 17.6. The predicted molar refractivity (Wildman–Crippen MR) is 106 cm³/mol. The third-order valence-electron chi connectivity index (χ3n) is 3.55. The lowest BCUT2D eigenvalue weighted by Crippen LogP contribution is -2.14. The number of nitrogens with zero attached hydrogens (tertiary/aromatic N) is 2. The lowest BCUT2D eigenvalue weighted by Gasteiger charge is -2.07. The van der Waals surface area contributed by atoms with E-state index in [2.05, 4.69) is 31.4 Å². The Kier molecular flexibility index (Phi) is 5.83. The number of amides is 1. The molecule has 0 aliphatic rings. The van der Waals surface area contributed by atoms with Crippen LogP contribution in [-0.2, 0) is 4.79 Å². The molecule has 1 heterocycles. The minimum absolute atomic E-state index is 0.0573. The van der Waals surface area contributed by atoms with E-state index in [9.17, 15) is 4.79 Å². The van der Waals surface area contributed by atoms with Gasteiger partial charge in [0.25, 0.3) is 0 Å². The molecule has 0 spiro atoms. The Bertz CT molecular complexity index is 867. The lowest BCUT2D eigenvalue weighted by molar-refractivity contribution is -0.113. The van der Waals surface area contributed by atoms with E-state index in [0.717, 1.165) is 32.0 Å². The maximum Gasteiger partial charge on any atom is 0.234 e. The number of halogens is 1. The van der Waals surface area contributed by atoms with Crippen LogP contribution >= 0.6 is 27.7 Å². The van der Waals surface area contributed by atoms with Gasteiger partial charge in [0, 0.05) is 15.7 Å². The van der Waals surface area contributed by atoms with Crippen LogP contribution in [0.2, 0.25) is 0 Å². The van der Waals surface area contributed by atoms with Crippen molar-refractivity contribution >= 4 is 39.3 Å². The minimum Gasteiger partial charge on any atom is -0.325 e. The second-order valence-corrected chi connectivity index (χ2v) is 7.33. The number of aromatic nitrogens is 2. The standard InChI is InChI=1S/C19H16BrN3OS/c1-13-4-2-3-5-16(13)21-18(24)12-25-19-11-10-17(22-23-19)14-6-8-15(20)9-7-14/h2-11H,12H2,1H3,(H,21,24). The molecule has 0 radical (unpaired) electrons. The largest absolute Gasteiger partial charge is 0.325 e. The van der Waals surface area contributed by atoms with Gasteiger partial charge in [-0.2, -0.15) is 0 Å². The number of carbonyl (C=O) groups is 1. The maximum atomic E-state index is 12.1. The SMILES string of the molecule is Cc1ccccc1NC(=O)CSc1ccc(-c2ccc(Br)cc2)nn1. The number of aryl methyl sites for hydroxylation is 1. The highest BCUT2D eigenvalue weighted by Crippen LogP contribution is 2.22. The van der Waals surface area contributed by atoms with E-state index in [-0.39, 0.29) is 5.91 Å². The summed E-state index contributed by atoms with van der Waals surface area (Å²) in [5, 5.41) is 12.1. The number of rotatable bonds is 5. The Labute approximate surface area is 159 Å². The summed E-state index contributed by atoms with van der Waals surface area (Å²) >= 11 is 4.78. The summed E-state index contributed by atoms with van der Waals surface area (Å²) in [6, 6.07) is 19.4. The molecule has 1 N–H and O–H groups in total. The molecule has 1 amide bonds. The molecule has 25 heavy (non-hydrogen) atoms. The normalized spacial score (nSPS) is 10.5. The number of benzene rings is 2. The van der Waals surface area contributed by atoms with E-state index in [1.165, 1.54) is 11.8 Å². The fourth-order valence-corrected chi connectivity index (χ4v) is 3.09. The topological polar surface area (TPSA) is 54.9 Å². The van der Waals surface area contributed by atoms with Crippen LogP contribution in [0.5, 0.6) is 0 Å². The van der Waals surface area contributed by atoms with Crippen LogP contribution < -0.4 is 5.32 Å². The zero-order valence-corrected chi connectivity index (χ0v) is 16.0. The molecule has 6 heteroatoms.